The van der Waals surface area contributed by atoms with Gasteiger partial charge in [-0.25, -0.2) is 9.18 Å². The van der Waals surface area contributed by atoms with Gasteiger partial charge in [0.15, 0.2) is 0 Å². The summed E-state index contributed by atoms with van der Waals surface area (Å²) in [5.41, 5.74) is 1.19. The molecule has 0 aliphatic carbocycles. The smallest absolute Gasteiger partial charge is 0.277 e. The van der Waals surface area contributed by atoms with Crippen LogP contribution in [0.1, 0.15) is 11.1 Å². The van der Waals surface area contributed by atoms with Crippen LogP contribution in [0.5, 0.6) is 0 Å². The van der Waals surface area contributed by atoms with E-state index in [-0.39, 0.29) is 12.2 Å². The first-order valence-corrected chi connectivity index (χ1v) is 7.10. The Bertz CT molecular complexity index is 977. The number of nitrogens with zero attached hydrogens (tertiary/aromatic N) is 4. The minimum Gasteiger partial charge on any atom is -0.277 e. The molecule has 0 amide bonds. The molecule has 122 valence electrons. The van der Waals surface area contributed by atoms with Crippen molar-refractivity contribution in [2.75, 3.05) is 0 Å². The van der Waals surface area contributed by atoms with E-state index < -0.39 is 16.4 Å². The van der Waals surface area contributed by atoms with Gasteiger partial charge in [-0.05, 0) is 36.8 Å². The zero-order valence-electron chi connectivity index (χ0n) is 12.7. The van der Waals surface area contributed by atoms with Gasteiger partial charge in [-0.1, -0.05) is 12.1 Å². The van der Waals surface area contributed by atoms with Crippen LogP contribution in [-0.4, -0.2) is 19.3 Å². The maximum Gasteiger partial charge on any atom is 0.350 e. The van der Waals surface area contributed by atoms with Crippen LogP contribution in [0.3, 0.4) is 0 Å². The van der Waals surface area contributed by atoms with E-state index >= 15 is 0 Å². The van der Waals surface area contributed by atoms with Gasteiger partial charge >= 0.3 is 5.69 Å². The van der Waals surface area contributed by atoms with Gasteiger partial charge in [0.25, 0.3) is 5.69 Å². The Morgan fingerprint density at radius 3 is 2.71 bits per heavy atom. The first-order valence-electron chi connectivity index (χ1n) is 7.10. The highest BCUT2D eigenvalue weighted by Gasteiger charge is 2.12. The van der Waals surface area contributed by atoms with Crippen molar-refractivity contribution in [2.24, 2.45) is 0 Å². The molecule has 0 fully saturated rings. The quantitative estimate of drug-likeness (QED) is 0.544. The summed E-state index contributed by atoms with van der Waals surface area (Å²) in [5, 5.41) is 14.8. The summed E-state index contributed by atoms with van der Waals surface area (Å²) in [4.78, 5) is 22.8. The van der Waals surface area contributed by atoms with Gasteiger partial charge in [-0.2, -0.15) is 9.78 Å². The van der Waals surface area contributed by atoms with Crippen molar-refractivity contribution < 1.29 is 9.31 Å². The maximum atomic E-state index is 13.3. The zero-order valence-corrected chi connectivity index (χ0v) is 12.7. The second kappa shape index (κ2) is 6.07. The SMILES string of the molecule is Cc1cc(Cn2cnn(-c3cccc(F)c3)c2=O)ccc1[N+](=O)[O-]. The van der Waals surface area contributed by atoms with Crippen molar-refractivity contribution in [3.8, 4) is 5.69 Å². The lowest BCUT2D eigenvalue weighted by atomic mass is 10.1. The fourth-order valence-electron chi connectivity index (χ4n) is 2.45. The molecular weight excluding hydrogens is 315 g/mol. The minimum absolute atomic E-state index is 0.0292. The third-order valence-corrected chi connectivity index (χ3v) is 3.60. The van der Waals surface area contributed by atoms with Crippen molar-refractivity contribution in [3.05, 3.63) is 86.3 Å². The van der Waals surface area contributed by atoms with Crippen LogP contribution in [0.2, 0.25) is 0 Å². The first kappa shape index (κ1) is 15.6. The molecule has 0 atom stereocenters. The Labute approximate surface area is 135 Å². The van der Waals surface area contributed by atoms with E-state index in [9.17, 15) is 19.3 Å². The Kier molecular flexibility index (Phi) is 3.95. The Morgan fingerprint density at radius 1 is 1.25 bits per heavy atom. The molecule has 24 heavy (non-hydrogen) atoms. The number of nitro benzene ring substituents is 1. The van der Waals surface area contributed by atoms with E-state index in [0.29, 0.717) is 11.3 Å². The van der Waals surface area contributed by atoms with Crippen molar-refractivity contribution in [3.63, 3.8) is 0 Å². The topological polar surface area (TPSA) is 83.0 Å². The molecule has 0 N–H and O–H groups in total. The molecule has 0 saturated carbocycles. The van der Waals surface area contributed by atoms with E-state index in [1.165, 1.54) is 35.2 Å². The number of hydrogen-bond donors (Lipinski definition) is 0. The van der Waals surface area contributed by atoms with Crippen LogP contribution >= 0.6 is 0 Å². The second-order valence-corrected chi connectivity index (χ2v) is 5.31. The summed E-state index contributed by atoms with van der Waals surface area (Å²) < 4.78 is 15.7. The number of rotatable bonds is 4. The van der Waals surface area contributed by atoms with Crippen LogP contribution in [0.15, 0.2) is 53.6 Å². The molecule has 2 aromatic carbocycles. The summed E-state index contributed by atoms with van der Waals surface area (Å²) in [6.07, 6.45) is 1.35. The molecule has 7 nitrogen and oxygen atoms in total. The van der Waals surface area contributed by atoms with Crippen LogP contribution in [0.25, 0.3) is 5.69 Å². The van der Waals surface area contributed by atoms with Gasteiger partial charge in [0.1, 0.15) is 12.1 Å². The van der Waals surface area contributed by atoms with Gasteiger partial charge in [0, 0.05) is 11.6 Å². The number of benzene rings is 2. The van der Waals surface area contributed by atoms with E-state index in [1.54, 1.807) is 25.1 Å². The van der Waals surface area contributed by atoms with Crippen molar-refractivity contribution in [1.82, 2.24) is 14.3 Å². The van der Waals surface area contributed by atoms with E-state index in [0.717, 1.165) is 10.2 Å². The molecular formula is C16H13FN4O3. The lowest BCUT2D eigenvalue weighted by molar-refractivity contribution is -0.385. The average molecular weight is 328 g/mol. The summed E-state index contributed by atoms with van der Waals surface area (Å²) >= 11 is 0. The molecule has 0 aliphatic heterocycles. The second-order valence-electron chi connectivity index (χ2n) is 5.31. The monoisotopic (exact) mass is 328 g/mol. The molecule has 0 saturated heterocycles. The van der Waals surface area contributed by atoms with Gasteiger partial charge in [-0.15, -0.1) is 0 Å². The number of aromatic nitrogens is 3. The number of hydrogen-bond acceptors (Lipinski definition) is 4. The molecule has 0 spiro atoms. The average Bonchev–Trinajstić information content (AvgIpc) is 2.88. The fraction of sp³-hybridized carbons (Fsp3) is 0.125. The van der Waals surface area contributed by atoms with Crippen LogP contribution in [0.4, 0.5) is 10.1 Å². The van der Waals surface area contributed by atoms with Crippen molar-refractivity contribution in [2.45, 2.75) is 13.5 Å². The molecule has 0 radical (unpaired) electrons. The molecule has 3 aromatic rings. The van der Waals surface area contributed by atoms with Gasteiger partial charge < -0.3 is 0 Å². The molecule has 0 unspecified atom stereocenters. The largest absolute Gasteiger partial charge is 0.350 e. The minimum atomic E-state index is -0.458. The van der Waals surface area contributed by atoms with Gasteiger partial charge in [-0.3, -0.25) is 14.7 Å². The lowest BCUT2D eigenvalue weighted by Crippen LogP contribution is -2.24. The number of aryl methyl sites for hydroxylation is 1. The molecule has 1 heterocycles. The van der Waals surface area contributed by atoms with Crippen LogP contribution < -0.4 is 5.69 Å². The number of halogens is 1. The number of nitro groups is 1. The standard InChI is InChI=1S/C16H13FN4O3/c1-11-7-12(5-6-15(11)21(23)24)9-19-10-18-20(16(19)22)14-4-2-3-13(17)8-14/h2-8,10H,9H2,1H3. The van der Waals surface area contributed by atoms with Crippen molar-refractivity contribution >= 4 is 5.69 Å². The molecule has 0 bridgehead atoms. The van der Waals surface area contributed by atoms with Crippen molar-refractivity contribution in [1.29, 1.82) is 0 Å². The van der Waals surface area contributed by atoms with Crippen LogP contribution in [0, 0.1) is 22.9 Å². The highest BCUT2D eigenvalue weighted by atomic mass is 19.1. The van der Waals surface area contributed by atoms with Gasteiger partial charge in [0.05, 0.1) is 17.2 Å². The maximum absolute atomic E-state index is 13.3. The summed E-state index contributed by atoms with van der Waals surface area (Å²) in [6, 6.07) is 10.2. The molecule has 1 aromatic heterocycles. The van der Waals surface area contributed by atoms with Gasteiger partial charge in [0.2, 0.25) is 0 Å². The lowest BCUT2D eigenvalue weighted by Gasteiger charge is -2.04. The summed E-state index contributed by atoms with van der Waals surface area (Å²) in [6.45, 7) is 1.85. The first-order chi connectivity index (χ1) is 11.5. The fourth-order valence-corrected chi connectivity index (χ4v) is 2.45. The van der Waals surface area contributed by atoms with E-state index in [1.807, 2.05) is 0 Å². The molecule has 3 rings (SSSR count). The highest BCUT2D eigenvalue weighted by Crippen LogP contribution is 2.19. The Balaban J connectivity index is 1.91. The Morgan fingerprint density at radius 2 is 2.04 bits per heavy atom. The zero-order chi connectivity index (χ0) is 17.3. The summed E-state index contributed by atoms with van der Waals surface area (Å²) in [7, 11) is 0. The Hall–Kier alpha value is -3.29. The highest BCUT2D eigenvalue weighted by molar-refractivity contribution is 5.41. The molecule has 0 aliphatic rings. The van der Waals surface area contributed by atoms with E-state index in [2.05, 4.69) is 5.10 Å². The summed E-state index contributed by atoms with van der Waals surface area (Å²) in [5.74, 6) is -0.458. The normalized spacial score (nSPS) is 10.8. The van der Waals surface area contributed by atoms with Crippen LogP contribution in [-0.2, 0) is 6.54 Å². The third kappa shape index (κ3) is 2.94. The molecule has 8 heteroatoms. The predicted octanol–water partition coefficient (Wildman–Crippen LogP) is 2.44. The third-order valence-electron chi connectivity index (χ3n) is 3.60. The van der Waals surface area contributed by atoms with E-state index in [4.69, 9.17) is 0 Å². The predicted molar refractivity (Wildman–Crippen MR) is 84.7 cm³/mol.